The SMILES string of the molecule is CCSC1CC(=O)N(CCC(=O)NCCOCCOCC(=O)N(C)CC)C1=O.[HH]. The van der Waals surface area contributed by atoms with Crippen LogP contribution in [-0.4, -0.2) is 97.5 Å². The Kier molecular flexibility index (Phi) is 11.8. The van der Waals surface area contributed by atoms with Gasteiger partial charge in [0.15, 0.2) is 0 Å². The van der Waals surface area contributed by atoms with Crippen LogP contribution in [0.4, 0.5) is 0 Å². The van der Waals surface area contributed by atoms with E-state index >= 15 is 0 Å². The Bertz CT molecular complexity index is 552. The zero-order chi connectivity index (χ0) is 20.9. The van der Waals surface area contributed by atoms with Gasteiger partial charge < -0.3 is 19.7 Å². The van der Waals surface area contributed by atoms with Crippen molar-refractivity contribution in [2.75, 3.05) is 58.9 Å². The fourth-order valence-electron chi connectivity index (χ4n) is 2.45. The summed E-state index contributed by atoms with van der Waals surface area (Å²) in [5, 5.41) is 2.37. The number of nitrogens with one attached hydrogen (secondary N) is 1. The molecule has 1 unspecified atom stereocenters. The molecular weight excluding hydrogens is 386 g/mol. The third kappa shape index (κ3) is 8.57. The largest absolute Gasteiger partial charge is 0.377 e. The predicted octanol–water partition coefficient (Wildman–Crippen LogP) is 0.131. The smallest absolute Gasteiger partial charge is 0.248 e. The van der Waals surface area contributed by atoms with Gasteiger partial charge in [-0.3, -0.25) is 24.1 Å². The second kappa shape index (κ2) is 13.5. The van der Waals surface area contributed by atoms with Gasteiger partial charge in [-0.05, 0) is 12.7 Å². The number of imide groups is 1. The van der Waals surface area contributed by atoms with Crippen molar-refractivity contribution in [3.8, 4) is 0 Å². The second-order valence-electron chi connectivity index (χ2n) is 6.20. The van der Waals surface area contributed by atoms with Crippen LogP contribution in [0.15, 0.2) is 0 Å². The van der Waals surface area contributed by atoms with Crippen molar-refractivity contribution < 1.29 is 30.1 Å². The van der Waals surface area contributed by atoms with Crippen LogP contribution in [0.1, 0.15) is 28.1 Å². The average Bonchev–Trinajstić information content (AvgIpc) is 2.94. The number of likely N-dealkylation sites (N-methyl/N-ethyl adjacent to an activating group) is 1. The molecule has 10 heteroatoms. The summed E-state index contributed by atoms with van der Waals surface area (Å²) >= 11 is 1.46. The summed E-state index contributed by atoms with van der Waals surface area (Å²) in [6, 6.07) is 0. The van der Waals surface area contributed by atoms with Crippen LogP contribution >= 0.6 is 11.8 Å². The fraction of sp³-hybridized carbons (Fsp3) is 0.778. The molecule has 162 valence electrons. The topological polar surface area (TPSA) is 105 Å². The van der Waals surface area contributed by atoms with Crippen molar-refractivity contribution >= 4 is 35.4 Å². The third-order valence-electron chi connectivity index (χ3n) is 4.20. The number of thioether (sulfide) groups is 1. The Morgan fingerprint density at radius 1 is 1.25 bits per heavy atom. The van der Waals surface area contributed by atoms with Crippen molar-refractivity contribution in [3.05, 3.63) is 0 Å². The molecule has 4 amide bonds. The van der Waals surface area contributed by atoms with Crippen LogP contribution in [0.2, 0.25) is 0 Å². The Morgan fingerprint density at radius 3 is 2.64 bits per heavy atom. The third-order valence-corrected chi connectivity index (χ3v) is 5.30. The molecule has 1 saturated heterocycles. The van der Waals surface area contributed by atoms with E-state index in [0.29, 0.717) is 32.9 Å². The number of hydrogen-bond acceptors (Lipinski definition) is 7. The molecule has 28 heavy (non-hydrogen) atoms. The van der Waals surface area contributed by atoms with E-state index in [0.717, 1.165) is 5.75 Å². The van der Waals surface area contributed by atoms with Crippen molar-refractivity contribution in [1.82, 2.24) is 15.1 Å². The lowest BCUT2D eigenvalue weighted by Crippen LogP contribution is -2.36. The Morgan fingerprint density at radius 2 is 1.96 bits per heavy atom. The van der Waals surface area contributed by atoms with Gasteiger partial charge in [0.05, 0.1) is 25.1 Å². The maximum absolute atomic E-state index is 12.1. The van der Waals surface area contributed by atoms with E-state index in [-0.39, 0.29) is 56.3 Å². The molecule has 0 aromatic carbocycles. The van der Waals surface area contributed by atoms with Gasteiger partial charge in [-0.15, -0.1) is 11.8 Å². The minimum absolute atomic E-state index is 0. The first-order valence-corrected chi connectivity index (χ1v) is 10.6. The van der Waals surface area contributed by atoms with Crippen LogP contribution in [0.25, 0.3) is 0 Å². The summed E-state index contributed by atoms with van der Waals surface area (Å²) < 4.78 is 10.5. The normalized spacial score (nSPS) is 16.5. The van der Waals surface area contributed by atoms with Gasteiger partial charge in [0.2, 0.25) is 23.6 Å². The summed E-state index contributed by atoms with van der Waals surface area (Å²) in [5.74, 6) is 0.0478. The maximum Gasteiger partial charge on any atom is 0.248 e. The first-order valence-electron chi connectivity index (χ1n) is 9.52. The minimum atomic E-state index is -0.311. The zero-order valence-corrected chi connectivity index (χ0v) is 17.7. The molecule has 1 aliphatic rings. The minimum Gasteiger partial charge on any atom is -0.377 e. The Balaban J connectivity index is 0.00000784. The number of rotatable bonds is 14. The summed E-state index contributed by atoms with van der Waals surface area (Å²) in [6.45, 7) is 5.86. The number of likely N-dealkylation sites (tertiary alicyclic amines) is 1. The van der Waals surface area contributed by atoms with E-state index < -0.39 is 0 Å². The number of nitrogens with zero attached hydrogens (tertiary/aromatic N) is 2. The lowest BCUT2D eigenvalue weighted by atomic mass is 10.3. The monoisotopic (exact) mass is 419 g/mol. The number of carbonyl (C=O) groups excluding carboxylic acids is 4. The van der Waals surface area contributed by atoms with E-state index in [1.807, 2.05) is 13.8 Å². The van der Waals surface area contributed by atoms with Gasteiger partial charge in [0.1, 0.15) is 6.61 Å². The fourth-order valence-corrected chi connectivity index (χ4v) is 3.38. The van der Waals surface area contributed by atoms with E-state index in [1.54, 1.807) is 11.9 Å². The van der Waals surface area contributed by atoms with Gasteiger partial charge in [-0.1, -0.05) is 6.92 Å². The van der Waals surface area contributed by atoms with Crippen LogP contribution in [0.5, 0.6) is 0 Å². The zero-order valence-electron chi connectivity index (χ0n) is 16.9. The van der Waals surface area contributed by atoms with Crippen LogP contribution < -0.4 is 5.32 Å². The van der Waals surface area contributed by atoms with Gasteiger partial charge in [-0.25, -0.2) is 0 Å². The molecule has 9 nitrogen and oxygen atoms in total. The highest BCUT2D eigenvalue weighted by Crippen LogP contribution is 2.24. The highest BCUT2D eigenvalue weighted by molar-refractivity contribution is 8.00. The number of carbonyl (C=O) groups is 4. The molecule has 1 fully saturated rings. The molecule has 1 N–H and O–H groups in total. The second-order valence-corrected chi connectivity index (χ2v) is 7.68. The molecule has 0 aromatic heterocycles. The molecule has 0 spiro atoms. The van der Waals surface area contributed by atoms with Crippen molar-refractivity contribution in [1.29, 1.82) is 0 Å². The summed E-state index contributed by atoms with van der Waals surface area (Å²) in [4.78, 5) is 50.0. The average molecular weight is 420 g/mol. The van der Waals surface area contributed by atoms with Gasteiger partial charge in [0.25, 0.3) is 0 Å². The standard InChI is InChI=1S/C18H31N3O6S.H2/c1-4-20(3)17(24)13-27-11-10-26-9-7-19-15(22)6-8-21-16(23)12-14(18(21)25)28-5-2;/h14H,4-13H2,1-3H3,(H,19,22);1H. The molecule has 1 heterocycles. The molecule has 0 radical (unpaired) electrons. The highest BCUT2D eigenvalue weighted by Gasteiger charge is 2.38. The molecule has 0 bridgehead atoms. The van der Waals surface area contributed by atoms with Crippen molar-refractivity contribution in [2.45, 2.75) is 31.9 Å². The quantitative estimate of drug-likeness (QED) is 0.315. The van der Waals surface area contributed by atoms with Gasteiger partial charge in [0, 0.05) is 41.0 Å². The van der Waals surface area contributed by atoms with Gasteiger partial charge in [-0.2, -0.15) is 0 Å². The molecule has 1 rings (SSSR count). The number of ether oxygens (including phenoxy) is 2. The summed E-state index contributed by atoms with van der Waals surface area (Å²) in [7, 11) is 1.71. The molecular formula is C18H33N3O6S. The van der Waals surface area contributed by atoms with Crippen molar-refractivity contribution in [3.63, 3.8) is 0 Å². The van der Waals surface area contributed by atoms with Crippen LogP contribution in [0.3, 0.4) is 0 Å². The first-order chi connectivity index (χ1) is 13.4. The van der Waals surface area contributed by atoms with Crippen LogP contribution in [-0.2, 0) is 28.7 Å². The Hall–Kier alpha value is -1.65. The van der Waals surface area contributed by atoms with Gasteiger partial charge >= 0.3 is 0 Å². The number of amides is 4. The van der Waals surface area contributed by atoms with E-state index in [4.69, 9.17) is 9.47 Å². The molecule has 0 aliphatic carbocycles. The number of hydrogen-bond donors (Lipinski definition) is 1. The van der Waals surface area contributed by atoms with E-state index in [9.17, 15) is 19.2 Å². The molecule has 1 atom stereocenters. The van der Waals surface area contributed by atoms with E-state index in [1.165, 1.54) is 16.7 Å². The molecule has 0 aromatic rings. The lowest BCUT2D eigenvalue weighted by molar-refractivity contribution is -0.139. The Labute approximate surface area is 171 Å². The highest BCUT2D eigenvalue weighted by atomic mass is 32.2. The van der Waals surface area contributed by atoms with E-state index in [2.05, 4.69) is 5.32 Å². The summed E-state index contributed by atoms with van der Waals surface area (Å²) in [6.07, 6.45) is 0.298. The molecule has 0 saturated carbocycles. The van der Waals surface area contributed by atoms with Crippen LogP contribution in [0, 0.1) is 0 Å². The first kappa shape index (κ1) is 24.4. The van der Waals surface area contributed by atoms with Crippen molar-refractivity contribution in [2.24, 2.45) is 0 Å². The summed E-state index contributed by atoms with van der Waals surface area (Å²) in [5.41, 5.74) is 0. The molecule has 1 aliphatic heterocycles. The predicted molar refractivity (Wildman–Crippen MR) is 108 cm³/mol. The maximum atomic E-state index is 12.1. The lowest BCUT2D eigenvalue weighted by Gasteiger charge is -2.15.